The van der Waals surface area contributed by atoms with Crippen LogP contribution in [0.4, 0.5) is 0 Å². The third-order valence-corrected chi connectivity index (χ3v) is 2.74. The predicted molar refractivity (Wildman–Crippen MR) is 44.4 cm³/mol. The fourth-order valence-corrected chi connectivity index (χ4v) is 1.62. The summed E-state index contributed by atoms with van der Waals surface area (Å²) in [4.78, 5) is 10.3. The molecule has 0 saturated carbocycles. The molecule has 0 aliphatic carbocycles. The molecule has 0 radical (unpaired) electrons. The Balaban J connectivity index is 3.71. The molecule has 0 heterocycles. The molecule has 0 aliphatic rings. The van der Waals surface area contributed by atoms with Crippen molar-refractivity contribution >= 4 is 17.7 Å². The number of carbonyl (C=O) groups is 1. The Bertz CT molecular complexity index is 112. The molecule has 0 fully saturated rings. The maximum absolute atomic E-state index is 10.3. The van der Waals surface area contributed by atoms with Gasteiger partial charge >= 0.3 is 5.97 Å². The van der Waals surface area contributed by atoms with Crippen molar-refractivity contribution < 1.29 is 9.90 Å². The van der Waals surface area contributed by atoms with Gasteiger partial charge in [0.15, 0.2) is 0 Å². The van der Waals surface area contributed by atoms with Crippen LogP contribution in [0.1, 0.15) is 20.3 Å². The van der Waals surface area contributed by atoms with Crippen LogP contribution in [0.25, 0.3) is 0 Å². The Morgan fingerprint density at radius 2 is 2.10 bits per heavy atom. The average molecular weight is 162 g/mol. The smallest absolute Gasteiger partial charge is 0.304 e. The molecule has 0 bridgehead atoms. The second-order valence-electron chi connectivity index (χ2n) is 2.62. The molecule has 0 aromatic rings. The van der Waals surface area contributed by atoms with Crippen molar-refractivity contribution in [1.82, 2.24) is 0 Å². The number of thioether (sulfide) groups is 1. The van der Waals surface area contributed by atoms with E-state index in [1.807, 2.05) is 20.1 Å². The summed E-state index contributed by atoms with van der Waals surface area (Å²) in [5.41, 5.74) is 0. The fourth-order valence-electron chi connectivity index (χ4n) is 0.763. The van der Waals surface area contributed by atoms with Crippen LogP contribution >= 0.6 is 11.8 Å². The zero-order chi connectivity index (χ0) is 8.15. The minimum atomic E-state index is -0.701. The number of hydrogen-bond acceptors (Lipinski definition) is 2. The first-order valence-electron chi connectivity index (χ1n) is 3.32. The van der Waals surface area contributed by atoms with Gasteiger partial charge in [-0.3, -0.25) is 4.79 Å². The van der Waals surface area contributed by atoms with Crippen molar-refractivity contribution in [3.63, 3.8) is 0 Å². The second-order valence-corrected chi connectivity index (χ2v) is 3.69. The van der Waals surface area contributed by atoms with E-state index in [-0.39, 0.29) is 11.7 Å². The lowest BCUT2D eigenvalue weighted by atomic mass is 10.1. The van der Waals surface area contributed by atoms with Crippen LogP contribution in [0.15, 0.2) is 0 Å². The fraction of sp³-hybridized carbons (Fsp3) is 0.857. The van der Waals surface area contributed by atoms with Crippen molar-refractivity contribution in [3.8, 4) is 0 Å². The summed E-state index contributed by atoms with van der Waals surface area (Å²) < 4.78 is 0. The number of aliphatic carboxylic acids is 1. The van der Waals surface area contributed by atoms with Gasteiger partial charge in [0.1, 0.15) is 0 Å². The molecular weight excluding hydrogens is 148 g/mol. The minimum Gasteiger partial charge on any atom is -0.481 e. The molecule has 0 aromatic carbocycles. The number of carboxylic acid groups (broad SMARTS) is 1. The summed E-state index contributed by atoms with van der Waals surface area (Å²) in [6, 6.07) is 0. The van der Waals surface area contributed by atoms with Crippen LogP contribution < -0.4 is 0 Å². The summed E-state index contributed by atoms with van der Waals surface area (Å²) in [6.07, 6.45) is 2.23. The van der Waals surface area contributed by atoms with E-state index in [4.69, 9.17) is 5.11 Å². The Hall–Kier alpha value is -0.180. The van der Waals surface area contributed by atoms with Crippen molar-refractivity contribution in [3.05, 3.63) is 0 Å². The summed E-state index contributed by atoms with van der Waals surface area (Å²) in [5, 5.41) is 8.71. The molecule has 2 nitrogen and oxygen atoms in total. The Kier molecular flexibility index (Phi) is 4.52. The molecule has 0 amide bonds. The van der Waals surface area contributed by atoms with Gasteiger partial charge in [0.05, 0.1) is 6.42 Å². The lowest BCUT2D eigenvalue weighted by Gasteiger charge is -2.15. The highest BCUT2D eigenvalue weighted by Gasteiger charge is 2.14. The molecule has 60 valence electrons. The highest BCUT2D eigenvalue weighted by Crippen LogP contribution is 2.19. The molecule has 0 rings (SSSR count). The molecule has 0 unspecified atom stereocenters. The summed E-state index contributed by atoms with van der Waals surface area (Å²) in [7, 11) is 0. The summed E-state index contributed by atoms with van der Waals surface area (Å²) >= 11 is 1.63. The second kappa shape index (κ2) is 4.61. The van der Waals surface area contributed by atoms with Gasteiger partial charge in [-0.25, -0.2) is 0 Å². The van der Waals surface area contributed by atoms with Crippen LogP contribution in [0, 0.1) is 5.92 Å². The van der Waals surface area contributed by atoms with Gasteiger partial charge in [-0.1, -0.05) is 13.8 Å². The van der Waals surface area contributed by atoms with Gasteiger partial charge in [0.2, 0.25) is 0 Å². The summed E-state index contributed by atoms with van der Waals surface area (Å²) in [5.74, 6) is -0.251. The Labute approximate surface area is 66.0 Å². The largest absolute Gasteiger partial charge is 0.481 e. The highest BCUT2D eigenvalue weighted by molar-refractivity contribution is 7.99. The van der Waals surface area contributed by atoms with Crippen molar-refractivity contribution in [1.29, 1.82) is 0 Å². The highest BCUT2D eigenvalue weighted by atomic mass is 32.2. The van der Waals surface area contributed by atoms with Crippen LogP contribution in [-0.4, -0.2) is 22.6 Å². The van der Waals surface area contributed by atoms with Gasteiger partial charge in [0.25, 0.3) is 0 Å². The standard InChI is InChI=1S/C7H14O2S/c1-5(2)6(10-3)4-7(8)9/h5-6H,4H2,1-3H3,(H,8,9)/t6-/m1/s1. The van der Waals surface area contributed by atoms with E-state index in [1.165, 1.54) is 0 Å². The van der Waals surface area contributed by atoms with Crippen molar-refractivity contribution in [2.75, 3.05) is 6.26 Å². The SMILES string of the molecule is CS[C@H](CC(=O)O)C(C)C. The topological polar surface area (TPSA) is 37.3 Å². The monoisotopic (exact) mass is 162 g/mol. The lowest BCUT2D eigenvalue weighted by Crippen LogP contribution is -2.15. The molecule has 0 aromatic heterocycles. The van der Waals surface area contributed by atoms with Gasteiger partial charge in [-0.2, -0.15) is 11.8 Å². The molecule has 0 spiro atoms. The van der Waals surface area contributed by atoms with Gasteiger partial charge in [0, 0.05) is 5.25 Å². The molecule has 1 N–H and O–H groups in total. The Morgan fingerprint density at radius 3 is 2.20 bits per heavy atom. The van der Waals surface area contributed by atoms with E-state index in [0.717, 1.165) is 0 Å². The molecule has 10 heavy (non-hydrogen) atoms. The minimum absolute atomic E-state index is 0.262. The number of hydrogen-bond donors (Lipinski definition) is 1. The van der Waals surface area contributed by atoms with E-state index >= 15 is 0 Å². The molecule has 0 aliphatic heterocycles. The van der Waals surface area contributed by atoms with Crippen LogP contribution in [0.5, 0.6) is 0 Å². The third kappa shape index (κ3) is 3.77. The van der Waals surface area contributed by atoms with E-state index in [1.54, 1.807) is 11.8 Å². The zero-order valence-electron chi connectivity index (χ0n) is 6.63. The van der Waals surface area contributed by atoms with Gasteiger partial charge in [-0.15, -0.1) is 0 Å². The predicted octanol–water partition coefficient (Wildman–Crippen LogP) is 1.85. The normalized spacial score (nSPS) is 13.6. The van der Waals surface area contributed by atoms with E-state index in [2.05, 4.69) is 0 Å². The summed E-state index contributed by atoms with van der Waals surface area (Å²) in [6.45, 7) is 4.09. The molecule has 1 atom stereocenters. The van der Waals surface area contributed by atoms with Crippen molar-refractivity contribution in [2.24, 2.45) is 5.92 Å². The van der Waals surface area contributed by atoms with Crippen LogP contribution in [-0.2, 0) is 4.79 Å². The first-order chi connectivity index (χ1) is 4.57. The van der Waals surface area contributed by atoms with Gasteiger partial charge in [-0.05, 0) is 12.2 Å². The number of rotatable bonds is 4. The Morgan fingerprint density at radius 1 is 1.60 bits per heavy atom. The van der Waals surface area contributed by atoms with E-state index in [0.29, 0.717) is 5.92 Å². The maximum atomic E-state index is 10.3. The van der Waals surface area contributed by atoms with Crippen LogP contribution in [0.3, 0.4) is 0 Å². The molecule has 0 saturated heterocycles. The molecule has 3 heteroatoms. The molecular formula is C7H14O2S. The van der Waals surface area contributed by atoms with Crippen LogP contribution in [0.2, 0.25) is 0 Å². The van der Waals surface area contributed by atoms with E-state index in [9.17, 15) is 4.79 Å². The first-order valence-corrected chi connectivity index (χ1v) is 4.61. The third-order valence-electron chi connectivity index (χ3n) is 1.42. The van der Waals surface area contributed by atoms with Crippen molar-refractivity contribution in [2.45, 2.75) is 25.5 Å². The van der Waals surface area contributed by atoms with Gasteiger partial charge < -0.3 is 5.11 Å². The maximum Gasteiger partial charge on any atom is 0.304 e. The zero-order valence-corrected chi connectivity index (χ0v) is 7.44. The average Bonchev–Trinajstić information content (AvgIpc) is 1.81. The first kappa shape index (κ1) is 9.82. The quantitative estimate of drug-likeness (QED) is 0.685. The number of carboxylic acids is 1. The lowest BCUT2D eigenvalue weighted by molar-refractivity contribution is -0.137. The van der Waals surface area contributed by atoms with E-state index < -0.39 is 5.97 Å².